The molecule has 0 aliphatic rings. The number of hydrogen-bond acceptors (Lipinski definition) is 5. The molecule has 0 saturated heterocycles. The molecular weight excluding hydrogens is 490 g/mol. The number of benzene rings is 3. The van der Waals surface area contributed by atoms with E-state index >= 15 is 0 Å². The number of carbonyl (C=O) groups excluding carboxylic acids is 1. The summed E-state index contributed by atoms with van der Waals surface area (Å²) < 4.78 is 63.7. The van der Waals surface area contributed by atoms with Gasteiger partial charge in [0.25, 0.3) is 10.0 Å². The van der Waals surface area contributed by atoms with E-state index < -0.39 is 21.7 Å². The Balaban J connectivity index is 1.76. The number of rotatable bonds is 8. The summed E-state index contributed by atoms with van der Waals surface area (Å²) in [4.78, 5) is 11.0. The van der Waals surface area contributed by atoms with Gasteiger partial charge in [-0.3, -0.25) is 14.2 Å². The van der Waals surface area contributed by atoms with Crippen LogP contribution >= 0.6 is 0 Å². The third-order valence-corrected chi connectivity index (χ3v) is 6.89. The minimum atomic E-state index is -4.22. The Morgan fingerprint density at radius 1 is 1.08 bits per heavy atom. The van der Waals surface area contributed by atoms with Crippen molar-refractivity contribution in [2.75, 3.05) is 11.8 Å². The van der Waals surface area contributed by atoms with Gasteiger partial charge in [0.1, 0.15) is 17.4 Å². The summed E-state index contributed by atoms with van der Waals surface area (Å²) in [5.41, 5.74) is 2.25. The van der Waals surface area contributed by atoms with Crippen molar-refractivity contribution >= 4 is 32.7 Å². The largest absolute Gasteiger partial charge is 0.496 e. The molecule has 1 aromatic heterocycles. The minimum Gasteiger partial charge on any atom is -0.496 e. The predicted molar refractivity (Wildman–Crippen MR) is 131 cm³/mol. The Morgan fingerprint density at radius 2 is 1.83 bits per heavy atom. The molecule has 1 heterocycles. The zero-order valence-electron chi connectivity index (χ0n) is 19.8. The number of methoxy groups -OCH3 is 1. The first kappa shape index (κ1) is 25.1. The molecule has 11 heteroatoms. The molecular formula is C25H24F2N4O4S. The molecule has 4 rings (SSSR count). The van der Waals surface area contributed by atoms with Crippen LogP contribution in [-0.2, 0) is 27.9 Å². The zero-order valence-corrected chi connectivity index (χ0v) is 20.6. The van der Waals surface area contributed by atoms with E-state index in [1.807, 2.05) is 24.3 Å². The van der Waals surface area contributed by atoms with Crippen LogP contribution in [0.5, 0.6) is 5.75 Å². The number of fused-ring (bicyclic) bond motifs is 1. The maximum Gasteiger partial charge on any atom is 0.263 e. The second kappa shape index (κ2) is 9.94. The van der Waals surface area contributed by atoms with Crippen LogP contribution in [0.4, 0.5) is 14.6 Å². The maximum absolute atomic E-state index is 14.4. The van der Waals surface area contributed by atoms with Crippen molar-refractivity contribution in [1.29, 1.82) is 0 Å². The first-order valence-corrected chi connectivity index (χ1v) is 12.4. The SMILES string of the molecule is COc1cc(F)cc2c1c(NS(=O)(=O)c1ccc(C)c(F)c1)nn2Cc1cccc(CNC(C)=O)c1. The summed E-state index contributed by atoms with van der Waals surface area (Å²) in [7, 11) is -2.88. The van der Waals surface area contributed by atoms with Crippen molar-refractivity contribution in [3.8, 4) is 5.75 Å². The number of aryl methyl sites for hydroxylation is 1. The van der Waals surface area contributed by atoms with E-state index in [0.717, 1.165) is 23.3 Å². The standard InChI is InChI=1S/C25H24F2N4O4S/c1-15-7-8-20(12-21(15)27)36(33,34)30-25-24-22(10-19(26)11-23(24)35-3)31(29-25)14-18-6-4-5-17(9-18)13-28-16(2)32/h4-12H,13-14H2,1-3H3,(H,28,32)(H,29,30). The topological polar surface area (TPSA) is 102 Å². The Labute approximate surface area is 206 Å². The maximum atomic E-state index is 14.4. The van der Waals surface area contributed by atoms with Gasteiger partial charge in [0.15, 0.2) is 5.82 Å². The molecule has 0 unspecified atom stereocenters. The molecule has 0 fully saturated rings. The fourth-order valence-corrected chi connectivity index (χ4v) is 4.77. The first-order valence-electron chi connectivity index (χ1n) is 10.9. The second-order valence-corrected chi connectivity index (χ2v) is 9.94. The normalized spacial score (nSPS) is 11.5. The van der Waals surface area contributed by atoms with Crippen molar-refractivity contribution in [3.63, 3.8) is 0 Å². The number of anilines is 1. The lowest BCUT2D eigenvalue weighted by Gasteiger charge is -2.08. The van der Waals surface area contributed by atoms with Crippen molar-refractivity contribution < 1.29 is 26.7 Å². The van der Waals surface area contributed by atoms with E-state index in [9.17, 15) is 22.0 Å². The Bertz CT molecular complexity index is 1570. The molecule has 0 aliphatic heterocycles. The van der Waals surface area contributed by atoms with Crippen LogP contribution in [0.3, 0.4) is 0 Å². The van der Waals surface area contributed by atoms with Gasteiger partial charge in [-0.05, 0) is 35.7 Å². The van der Waals surface area contributed by atoms with Crippen molar-refractivity contribution in [3.05, 3.63) is 82.9 Å². The lowest BCUT2D eigenvalue weighted by Crippen LogP contribution is -2.19. The Hall–Kier alpha value is -3.99. The van der Waals surface area contributed by atoms with Crippen LogP contribution in [0, 0.1) is 18.6 Å². The lowest BCUT2D eigenvalue weighted by molar-refractivity contribution is -0.119. The van der Waals surface area contributed by atoms with Gasteiger partial charge in [-0.25, -0.2) is 17.2 Å². The summed E-state index contributed by atoms with van der Waals surface area (Å²) in [6.45, 7) is 3.47. The number of aromatic nitrogens is 2. The van der Waals surface area contributed by atoms with E-state index in [4.69, 9.17) is 4.74 Å². The molecule has 1 amide bonds. The van der Waals surface area contributed by atoms with E-state index in [1.165, 1.54) is 43.8 Å². The number of sulfonamides is 1. The van der Waals surface area contributed by atoms with Gasteiger partial charge >= 0.3 is 0 Å². The Morgan fingerprint density at radius 3 is 2.53 bits per heavy atom. The first-order chi connectivity index (χ1) is 17.1. The highest BCUT2D eigenvalue weighted by Crippen LogP contribution is 2.35. The molecule has 36 heavy (non-hydrogen) atoms. The lowest BCUT2D eigenvalue weighted by atomic mass is 10.1. The molecule has 0 radical (unpaired) electrons. The van der Waals surface area contributed by atoms with Crippen LogP contribution in [0.15, 0.2) is 59.5 Å². The molecule has 188 valence electrons. The van der Waals surface area contributed by atoms with Gasteiger partial charge in [-0.1, -0.05) is 30.3 Å². The highest BCUT2D eigenvalue weighted by atomic mass is 32.2. The number of nitrogens with one attached hydrogen (secondary N) is 2. The number of hydrogen-bond donors (Lipinski definition) is 2. The van der Waals surface area contributed by atoms with Crippen LogP contribution in [-0.4, -0.2) is 31.2 Å². The molecule has 0 atom stereocenters. The van der Waals surface area contributed by atoms with E-state index in [2.05, 4.69) is 15.1 Å². The van der Waals surface area contributed by atoms with E-state index in [0.29, 0.717) is 17.6 Å². The van der Waals surface area contributed by atoms with E-state index in [-0.39, 0.29) is 34.3 Å². The molecule has 0 saturated carbocycles. The summed E-state index contributed by atoms with van der Waals surface area (Å²) in [6, 6.07) is 13.3. The molecule has 3 aromatic carbocycles. The van der Waals surface area contributed by atoms with Crippen molar-refractivity contribution in [2.24, 2.45) is 0 Å². The number of ether oxygens (including phenoxy) is 1. The van der Waals surface area contributed by atoms with Gasteiger partial charge in [0.2, 0.25) is 5.91 Å². The molecule has 8 nitrogen and oxygen atoms in total. The number of halogens is 2. The number of amides is 1. The third-order valence-electron chi connectivity index (χ3n) is 5.55. The third kappa shape index (κ3) is 5.30. The van der Waals surface area contributed by atoms with Gasteiger partial charge in [-0.15, -0.1) is 0 Å². The summed E-state index contributed by atoms with van der Waals surface area (Å²) in [6.07, 6.45) is 0. The monoisotopic (exact) mass is 514 g/mol. The molecule has 0 bridgehead atoms. The molecule has 4 aromatic rings. The average molecular weight is 515 g/mol. The van der Waals surface area contributed by atoms with E-state index in [1.54, 1.807) is 0 Å². The van der Waals surface area contributed by atoms with Crippen LogP contribution in [0.1, 0.15) is 23.6 Å². The van der Waals surface area contributed by atoms with Crippen molar-refractivity contribution in [2.45, 2.75) is 31.8 Å². The average Bonchev–Trinajstić information content (AvgIpc) is 3.15. The van der Waals surface area contributed by atoms with Crippen LogP contribution in [0.25, 0.3) is 10.9 Å². The zero-order chi connectivity index (χ0) is 26.0. The number of nitrogens with zero attached hydrogens (tertiary/aromatic N) is 2. The van der Waals surface area contributed by atoms with Crippen molar-refractivity contribution in [1.82, 2.24) is 15.1 Å². The summed E-state index contributed by atoms with van der Waals surface area (Å²) in [5.74, 6) is -1.41. The van der Waals surface area contributed by atoms with Crippen LogP contribution < -0.4 is 14.8 Å². The summed E-state index contributed by atoms with van der Waals surface area (Å²) >= 11 is 0. The quantitative estimate of drug-likeness (QED) is 0.368. The van der Waals surface area contributed by atoms with Gasteiger partial charge < -0.3 is 10.1 Å². The Kier molecular flexibility index (Phi) is 6.93. The fraction of sp³-hybridized carbons (Fsp3) is 0.200. The highest BCUT2D eigenvalue weighted by molar-refractivity contribution is 7.92. The number of carbonyl (C=O) groups is 1. The highest BCUT2D eigenvalue weighted by Gasteiger charge is 2.23. The summed E-state index contributed by atoms with van der Waals surface area (Å²) in [5, 5.41) is 7.39. The molecule has 0 aliphatic carbocycles. The smallest absolute Gasteiger partial charge is 0.263 e. The minimum absolute atomic E-state index is 0.0859. The fourth-order valence-electron chi connectivity index (χ4n) is 3.75. The molecule has 2 N–H and O–H groups in total. The predicted octanol–water partition coefficient (Wildman–Crippen LogP) is 4.12. The van der Waals surface area contributed by atoms with Crippen LogP contribution in [0.2, 0.25) is 0 Å². The van der Waals surface area contributed by atoms with Gasteiger partial charge in [0, 0.05) is 25.6 Å². The second-order valence-electron chi connectivity index (χ2n) is 8.25. The molecule has 0 spiro atoms. The van der Waals surface area contributed by atoms with Gasteiger partial charge in [0.05, 0.1) is 29.5 Å². The van der Waals surface area contributed by atoms with Gasteiger partial charge in [-0.2, -0.15) is 5.10 Å².